The highest BCUT2D eigenvalue weighted by atomic mass is 16.3. The van der Waals surface area contributed by atoms with Crippen LogP contribution in [0.25, 0.3) is 111 Å². The zero-order valence-electron chi connectivity index (χ0n) is 30.1. The summed E-state index contributed by atoms with van der Waals surface area (Å²) in [5.74, 6) is 1.79. The molecule has 3 heterocycles. The Hall–Kier alpha value is -7.63. The highest BCUT2D eigenvalue weighted by Gasteiger charge is 2.20. The molecule has 0 amide bonds. The Morgan fingerprint density at radius 3 is 1.52 bits per heavy atom. The van der Waals surface area contributed by atoms with E-state index in [2.05, 4.69) is 133 Å². The fourth-order valence-electron chi connectivity index (χ4n) is 7.81. The molecule has 0 aliphatic rings. The van der Waals surface area contributed by atoms with Crippen LogP contribution in [0.2, 0.25) is 0 Å². The van der Waals surface area contributed by atoms with E-state index >= 15 is 0 Å². The van der Waals surface area contributed by atoms with Crippen molar-refractivity contribution >= 4 is 43.9 Å². The lowest BCUT2D eigenvalue weighted by Gasteiger charge is -2.09. The summed E-state index contributed by atoms with van der Waals surface area (Å²) in [5.41, 5.74) is 12.5. The van der Waals surface area contributed by atoms with Crippen molar-refractivity contribution in [1.82, 2.24) is 15.0 Å². The van der Waals surface area contributed by atoms with Crippen molar-refractivity contribution < 1.29 is 8.83 Å². The number of aromatic nitrogens is 3. The quantitative estimate of drug-likeness (QED) is 0.171. The molecule has 8 aromatic carbocycles. The summed E-state index contributed by atoms with van der Waals surface area (Å²) in [6.45, 7) is 0. The SMILES string of the molecule is c1ccc(-c2ccc(-c3nc(-c4ccccc4)nc(-c4ccc5c(c4)oc4c(-c6cc(-c7ccccc7)cc7oc8ccccc8c67)cccc45)n3)cc2)cc1. The second kappa shape index (κ2) is 13.0. The molecule has 262 valence electrons. The number of furan rings is 2. The van der Waals surface area contributed by atoms with E-state index in [1.54, 1.807) is 0 Å². The second-order valence-electron chi connectivity index (χ2n) is 14.0. The van der Waals surface area contributed by atoms with Crippen LogP contribution in [-0.2, 0) is 0 Å². The molecule has 5 nitrogen and oxygen atoms in total. The zero-order valence-corrected chi connectivity index (χ0v) is 30.1. The number of rotatable bonds is 6. The first kappa shape index (κ1) is 31.9. The Balaban J connectivity index is 1.07. The first-order chi connectivity index (χ1) is 27.7. The van der Waals surface area contributed by atoms with Crippen molar-refractivity contribution in [3.05, 3.63) is 188 Å². The van der Waals surface area contributed by atoms with Gasteiger partial charge in [-0.25, -0.2) is 15.0 Å². The van der Waals surface area contributed by atoms with Gasteiger partial charge in [-0.1, -0.05) is 158 Å². The molecule has 0 radical (unpaired) electrons. The maximum atomic E-state index is 6.87. The van der Waals surface area contributed by atoms with E-state index in [-0.39, 0.29) is 0 Å². The van der Waals surface area contributed by atoms with Gasteiger partial charge in [0, 0.05) is 43.8 Å². The molecule has 3 aromatic heterocycles. The third-order valence-corrected chi connectivity index (χ3v) is 10.6. The van der Waals surface area contributed by atoms with Gasteiger partial charge in [0.25, 0.3) is 0 Å². The fraction of sp³-hybridized carbons (Fsp3) is 0. The summed E-state index contributed by atoms with van der Waals surface area (Å²) in [5, 5.41) is 4.20. The number of benzene rings is 8. The third-order valence-electron chi connectivity index (χ3n) is 10.6. The lowest BCUT2D eigenvalue weighted by atomic mass is 9.93. The Morgan fingerprint density at radius 2 is 0.804 bits per heavy atom. The van der Waals surface area contributed by atoms with E-state index in [4.69, 9.17) is 23.8 Å². The lowest BCUT2D eigenvalue weighted by molar-refractivity contribution is 0.669. The van der Waals surface area contributed by atoms with Crippen LogP contribution in [0, 0.1) is 0 Å². The van der Waals surface area contributed by atoms with Crippen molar-refractivity contribution in [3.63, 3.8) is 0 Å². The molecule has 0 unspecified atom stereocenters. The highest BCUT2D eigenvalue weighted by molar-refractivity contribution is 6.18. The number of hydrogen-bond donors (Lipinski definition) is 0. The van der Waals surface area contributed by atoms with Gasteiger partial charge >= 0.3 is 0 Å². The molecule has 5 heteroatoms. The van der Waals surface area contributed by atoms with Gasteiger partial charge in [0.05, 0.1) is 0 Å². The van der Waals surface area contributed by atoms with Crippen molar-refractivity contribution in [2.45, 2.75) is 0 Å². The van der Waals surface area contributed by atoms with E-state index in [1.807, 2.05) is 54.6 Å². The molecule has 11 aromatic rings. The Bertz CT molecular complexity index is 3220. The van der Waals surface area contributed by atoms with Gasteiger partial charge in [-0.2, -0.15) is 0 Å². The molecule has 0 aliphatic carbocycles. The van der Waals surface area contributed by atoms with Crippen molar-refractivity contribution in [2.75, 3.05) is 0 Å². The average molecular weight is 718 g/mol. The Morgan fingerprint density at radius 1 is 0.286 bits per heavy atom. The topological polar surface area (TPSA) is 65.0 Å². The number of para-hydroxylation sites is 2. The summed E-state index contributed by atoms with van der Waals surface area (Å²) in [6.07, 6.45) is 0. The summed E-state index contributed by atoms with van der Waals surface area (Å²) in [6, 6.07) is 64.5. The van der Waals surface area contributed by atoms with Crippen molar-refractivity contribution in [2.24, 2.45) is 0 Å². The summed E-state index contributed by atoms with van der Waals surface area (Å²) < 4.78 is 13.3. The standard InChI is InChI=1S/C51H31N3O2/c1-4-13-32(14-5-1)34-23-25-36(26-24-34)50-52-49(35-17-8-3-9-18-35)53-51(54-50)37-27-28-39-40-20-12-21-41(48(40)56-45(39)30-37)43-29-38(33-15-6-2-7-16-33)31-46-47(43)42-19-10-11-22-44(42)55-46/h1-31H. The normalized spacial score (nSPS) is 11.6. The van der Waals surface area contributed by atoms with E-state index < -0.39 is 0 Å². The molecule has 0 aliphatic heterocycles. The van der Waals surface area contributed by atoms with Gasteiger partial charge in [-0.05, 0) is 58.1 Å². The van der Waals surface area contributed by atoms with Gasteiger partial charge in [0.1, 0.15) is 22.3 Å². The van der Waals surface area contributed by atoms with Crippen LogP contribution in [0.15, 0.2) is 197 Å². The number of nitrogens with zero attached hydrogens (tertiary/aromatic N) is 3. The fourth-order valence-corrected chi connectivity index (χ4v) is 7.81. The first-order valence-corrected chi connectivity index (χ1v) is 18.7. The van der Waals surface area contributed by atoms with Crippen LogP contribution in [0.1, 0.15) is 0 Å². The van der Waals surface area contributed by atoms with Crippen LogP contribution in [-0.4, -0.2) is 15.0 Å². The zero-order chi connectivity index (χ0) is 37.0. The van der Waals surface area contributed by atoms with Gasteiger partial charge in [-0.15, -0.1) is 0 Å². The molecule has 0 N–H and O–H groups in total. The summed E-state index contributed by atoms with van der Waals surface area (Å²) in [7, 11) is 0. The van der Waals surface area contributed by atoms with Crippen LogP contribution < -0.4 is 0 Å². The molecule has 0 saturated carbocycles. The van der Waals surface area contributed by atoms with Crippen molar-refractivity contribution in [1.29, 1.82) is 0 Å². The molecule has 0 saturated heterocycles. The van der Waals surface area contributed by atoms with Gasteiger partial charge in [-0.3, -0.25) is 0 Å². The summed E-state index contributed by atoms with van der Waals surface area (Å²) >= 11 is 0. The van der Waals surface area contributed by atoms with Crippen LogP contribution in [0.3, 0.4) is 0 Å². The predicted molar refractivity (Wildman–Crippen MR) is 227 cm³/mol. The van der Waals surface area contributed by atoms with E-state index in [9.17, 15) is 0 Å². The van der Waals surface area contributed by atoms with Gasteiger partial charge < -0.3 is 8.83 Å². The number of hydrogen-bond acceptors (Lipinski definition) is 5. The molecule has 0 spiro atoms. The maximum absolute atomic E-state index is 6.87. The monoisotopic (exact) mass is 717 g/mol. The molecule has 0 atom stereocenters. The molecular weight excluding hydrogens is 687 g/mol. The molecule has 11 rings (SSSR count). The molecule has 0 bridgehead atoms. The van der Waals surface area contributed by atoms with E-state index in [0.29, 0.717) is 17.5 Å². The lowest BCUT2D eigenvalue weighted by Crippen LogP contribution is -2.00. The van der Waals surface area contributed by atoms with E-state index in [1.165, 1.54) is 0 Å². The van der Waals surface area contributed by atoms with Crippen LogP contribution >= 0.6 is 0 Å². The average Bonchev–Trinajstić information content (AvgIpc) is 3.85. The molecule has 0 fully saturated rings. The maximum Gasteiger partial charge on any atom is 0.164 e. The summed E-state index contributed by atoms with van der Waals surface area (Å²) in [4.78, 5) is 15.0. The number of fused-ring (bicyclic) bond motifs is 6. The first-order valence-electron chi connectivity index (χ1n) is 18.7. The molecule has 56 heavy (non-hydrogen) atoms. The second-order valence-corrected chi connectivity index (χ2v) is 14.0. The third kappa shape index (κ3) is 5.45. The van der Waals surface area contributed by atoms with E-state index in [0.717, 1.165) is 93.9 Å². The smallest absolute Gasteiger partial charge is 0.164 e. The Kier molecular flexibility index (Phi) is 7.42. The minimum Gasteiger partial charge on any atom is -0.456 e. The molecular formula is C51H31N3O2. The van der Waals surface area contributed by atoms with Crippen LogP contribution in [0.5, 0.6) is 0 Å². The highest BCUT2D eigenvalue weighted by Crippen LogP contribution is 2.44. The van der Waals surface area contributed by atoms with Crippen LogP contribution in [0.4, 0.5) is 0 Å². The van der Waals surface area contributed by atoms with Gasteiger partial charge in [0.15, 0.2) is 17.5 Å². The van der Waals surface area contributed by atoms with Gasteiger partial charge in [0.2, 0.25) is 0 Å². The largest absolute Gasteiger partial charge is 0.456 e. The van der Waals surface area contributed by atoms with Crippen molar-refractivity contribution in [3.8, 4) is 67.5 Å². The predicted octanol–water partition coefficient (Wildman–Crippen LogP) is 13.7. The Labute approximate surface area is 322 Å². The minimum atomic E-state index is 0.575. The minimum absolute atomic E-state index is 0.575.